The van der Waals surface area contributed by atoms with Crippen molar-refractivity contribution in [2.24, 2.45) is 0 Å². The number of aliphatic carboxylic acids is 1. The zero-order valence-electron chi connectivity index (χ0n) is 22.8. The van der Waals surface area contributed by atoms with Gasteiger partial charge in [0.05, 0.1) is 7.11 Å². The molecule has 0 aromatic heterocycles. The van der Waals surface area contributed by atoms with E-state index in [4.69, 9.17) is 26.2 Å². The molecule has 1 amide bonds. The number of hydrogen-bond donors (Lipinski definition) is 2. The first kappa shape index (κ1) is 32.7. The summed E-state index contributed by atoms with van der Waals surface area (Å²) in [5, 5.41) is 11.4. The first-order valence-corrected chi connectivity index (χ1v) is 12.6. The van der Waals surface area contributed by atoms with E-state index in [9.17, 15) is 9.59 Å². The van der Waals surface area contributed by atoms with Gasteiger partial charge in [0.2, 0.25) is 5.91 Å². The Kier molecular flexibility index (Phi) is 15.8. The van der Waals surface area contributed by atoms with Gasteiger partial charge in [-0.1, -0.05) is 96.6 Å². The number of methoxy groups -OCH3 is 1. The van der Waals surface area contributed by atoms with Crippen molar-refractivity contribution in [1.82, 2.24) is 5.32 Å². The molecule has 0 radical (unpaired) electrons. The van der Waals surface area contributed by atoms with E-state index in [0.717, 1.165) is 11.3 Å². The van der Waals surface area contributed by atoms with E-state index in [1.807, 2.05) is 43.3 Å². The fourth-order valence-corrected chi connectivity index (χ4v) is 2.89. The van der Waals surface area contributed by atoms with E-state index in [0.29, 0.717) is 17.4 Å². The Morgan fingerprint density at radius 2 is 1.69 bits per heavy atom. The highest BCUT2D eigenvalue weighted by Gasteiger charge is 2.11. The summed E-state index contributed by atoms with van der Waals surface area (Å²) in [6.45, 7) is 9.52. The van der Waals surface area contributed by atoms with Crippen LogP contribution in [0, 0.1) is 6.92 Å². The summed E-state index contributed by atoms with van der Waals surface area (Å²) in [4.78, 5) is 22.0. The van der Waals surface area contributed by atoms with Crippen LogP contribution in [0.25, 0.3) is 0 Å². The van der Waals surface area contributed by atoms with Gasteiger partial charge < -0.3 is 19.9 Å². The Balaban J connectivity index is 0.000000429. The summed E-state index contributed by atoms with van der Waals surface area (Å²) in [6.07, 6.45) is 13.1. The molecule has 2 N–H and O–H groups in total. The summed E-state index contributed by atoms with van der Waals surface area (Å²) in [5.74, 6) is -0.0422. The molecule has 6 nitrogen and oxygen atoms in total. The molecule has 7 heteroatoms. The number of hydrogen-bond acceptors (Lipinski definition) is 4. The monoisotopic (exact) mass is 549 g/mol. The zero-order valence-corrected chi connectivity index (χ0v) is 23.5. The Morgan fingerprint density at radius 3 is 2.26 bits per heavy atom. The summed E-state index contributed by atoms with van der Waals surface area (Å²) < 4.78 is 10.9. The van der Waals surface area contributed by atoms with E-state index < -0.39 is 17.9 Å². The second-order valence-electron chi connectivity index (χ2n) is 8.16. The highest BCUT2D eigenvalue weighted by molar-refractivity contribution is 6.30. The second kappa shape index (κ2) is 18.9. The molecule has 2 aromatic rings. The fourth-order valence-electron chi connectivity index (χ4n) is 2.83. The topological polar surface area (TPSA) is 84.9 Å². The largest absolute Gasteiger partial charge is 0.496 e. The van der Waals surface area contributed by atoms with E-state index in [1.54, 1.807) is 37.5 Å². The van der Waals surface area contributed by atoms with Crippen molar-refractivity contribution in [1.29, 1.82) is 0 Å². The van der Waals surface area contributed by atoms with Gasteiger partial charge in [-0.3, -0.25) is 9.59 Å². The van der Waals surface area contributed by atoms with Gasteiger partial charge in [-0.2, -0.15) is 0 Å². The number of aryl methyl sites for hydroxylation is 1. The number of allylic oxidation sites excluding steroid dienone is 8. The number of carboxylic acids is 1. The van der Waals surface area contributed by atoms with Crippen LogP contribution in [0.4, 0.5) is 0 Å². The fraction of sp³-hybridized carbons (Fsp3) is 0.188. The number of carbonyl (C=O) groups excluding carboxylic acids is 1. The van der Waals surface area contributed by atoms with Crippen molar-refractivity contribution < 1.29 is 24.2 Å². The van der Waals surface area contributed by atoms with Crippen LogP contribution in [0.1, 0.15) is 25.0 Å². The molecular weight excluding hydrogens is 514 g/mol. The molecule has 2 rings (SSSR count). The molecule has 0 aliphatic carbocycles. The molecule has 0 heterocycles. The lowest BCUT2D eigenvalue weighted by atomic mass is 10.1. The number of ether oxygens (including phenoxy) is 2. The van der Waals surface area contributed by atoms with Gasteiger partial charge in [-0.05, 0) is 50.6 Å². The standard InChI is InChI=1S/C18H22ClNO4.C14H14O/c1-5-15(12-11-13(2)19)16(24-4)9-7-6-8-10-17(21)20-14(3)18(22)23;1-12-7-9-14(10-8-12)15-11-13-5-3-2-4-6-13/h5-12,14H,2H2,1,3-4H3,(H,20,21)(H,22,23);2-10H,11H2,1H3/b7-6+,10-8+,12-11-,15-5+,16-9-;. The molecule has 1 atom stereocenters. The lowest BCUT2D eigenvalue weighted by Gasteiger charge is -2.06. The first-order valence-electron chi connectivity index (χ1n) is 12.2. The number of benzene rings is 2. The summed E-state index contributed by atoms with van der Waals surface area (Å²) >= 11 is 5.69. The normalized spacial score (nSPS) is 12.6. The van der Waals surface area contributed by atoms with Gasteiger partial charge in [0.25, 0.3) is 0 Å². The van der Waals surface area contributed by atoms with Gasteiger partial charge in [-0.25, -0.2) is 0 Å². The predicted molar refractivity (Wildman–Crippen MR) is 158 cm³/mol. The van der Waals surface area contributed by atoms with Crippen LogP contribution in [-0.4, -0.2) is 30.1 Å². The number of amides is 1. The van der Waals surface area contributed by atoms with Gasteiger partial charge in [0.1, 0.15) is 24.2 Å². The third-order valence-corrected chi connectivity index (χ3v) is 5.10. The quantitative estimate of drug-likeness (QED) is 0.168. The molecule has 0 saturated carbocycles. The van der Waals surface area contributed by atoms with E-state index in [2.05, 4.69) is 43.1 Å². The predicted octanol–water partition coefficient (Wildman–Crippen LogP) is 7.05. The van der Waals surface area contributed by atoms with Crippen LogP contribution < -0.4 is 10.1 Å². The molecule has 0 fully saturated rings. The number of carbonyl (C=O) groups is 2. The van der Waals surface area contributed by atoms with Gasteiger partial charge >= 0.3 is 5.97 Å². The van der Waals surface area contributed by atoms with Crippen LogP contribution in [-0.2, 0) is 20.9 Å². The SMILES string of the molecule is C=C(Cl)\C=C/C(=C\C)C(=C/C=C/C=C/C(=O)NC(C)C(=O)O)/OC.Cc1ccc(OCc2ccccc2)cc1. The molecule has 0 bridgehead atoms. The second-order valence-corrected chi connectivity index (χ2v) is 8.64. The molecule has 0 aliphatic rings. The highest BCUT2D eigenvalue weighted by Crippen LogP contribution is 2.15. The van der Waals surface area contributed by atoms with Gasteiger partial charge in [0, 0.05) is 16.7 Å². The highest BCUT2D eigenvalue weighted by atomic mass is 35.5. The third-order valence-electron chi connectivity index (χ3n) is 4.98. The number of nitrogens with one attached hydrogen (secondary N) is 1. The Hall–Kier alpha value is -4.29. The molecule has 1 unspecified atom stereocenters. The summed E-state index contributed by atoms with van der Waals surface area (Å²) in [5.41, 5.74) is 3.26. The molecular formula is C32H36ClNO5. The average molecular weight is 550 g/mol. The van der Waals surface area contributed by atoms with E-state index >= 15 is 0 Å². The summed E-state index contributed by atoms with van der Waals surface area (Å²) in [6, 6.07) is 17.4. The van der Waals surface area contributed by atoms with E-state index in [-0.39, 0.29) is 0 Å². The van der Waals surface area contributed by atoms with Crippen molar-refractivity contribution in [2.75, 3.05) is 7.11 Å². The average Bonchev–Trinajstić information content (AvgIpc) is 2.92. The Morgan fingerprint density at radius 1 is 1.03 bits per heavy atom. The maximum Gasteiger partial charge on any atom is 0.325 e. The van der Waals surface area contributed by atoms with Crippen LogP contribution in [0.3, 0.4) is 0 Å². The van der Waals surface area contributed by atoms with Crippen molar-refractivity contribution >= 4 is 23.5 Å². The van der Waals surface area contributed by atoms with Gasteiger partial charge in [0.15, 0.2) is 0 Å². The number of rotatable bonds is 12. The minimum atomic E-state index is -1.09. The first-order chi connectivity index (χ1) is 18.7. The maximum atomic E-state index is 11.4. The Bertz CT molecular complexity index is 1210. The van der Waals surface area contributed by atoms with E-state index in [1.165, 1.54) is 30.2 Å². The molecule has 0 spiro atoms. The lowest BCUT2D eigenvalue weighted by Crippen LogP contribution is -2.37. The maximum absolute atomic E-state index is 11.4. The molecule has 39 heavy (non-hydrogen) atoms. The summed E-state index contributed by atoms with van der Waals surface area (Å²) in [7, 11) is 1.54. The zero-order chi connectivity index (χ0) is 29.0. The minimum Gasteiger partial charge on any atom is -0.496 e. The molecule has 0 aliphatic heterocycles. The van der Waals surface area contributed by atoms with Crippen molar-refractivity contribution in [3.05, 3.63) is 137 Å². The Labute approximate surface area is 236 Å². The lowest BCUT2D eigenvalue weighted by molar-refractivity contribution is -0.140. The molecule has 206 valence electrons. The van der Waals surface area contributed by atoms with Crippen molar-refractivity contribution in [3.63, 3.8) is 0 Å². The number of halogens is 1. The smallest absolute Gasteiger partial charge is 0.325 e. The van der Waals surface area contributed by atoms with Crippen LogP contribution in [0.5, 0.6) is 5.75 Å². The van der Waals surface area contributed by atoms with Crippen LogP contribution in [0.2, 0.25) is 0 Å². The minimum absolute atomic E-state index is 0.407. The van der Waals surface area contributed by atoms with Crippen LogP contribution >= 0.6 is 11.6 Å². The van der Waals surface area contributed by atoms with Gasteiger partial charge in [-0.15, -0.1) is 0 Å². The van der Waals surface area contributed by atoms with Crippen molar-refractivity contribution in [2.45, 2.75) is 33.4 Å². The molecule has 2 aromatic carbocycles. The number of carboxylic acid groups (broad SMARTS) is 1. The molecule has 0 saturated heterocycles. The van der Waals surface area contributed by atoms with Crippen molar-refractivity contribution in [3.8, 4) is 5.75 Å². The van der Waals surface area contributed by atoms with Crippen LogP contribution in [0.15, 0.2) is 126 Å². The third kappa shape index (κ3) is 14.9.